The van der Waals surface area contributed by atoms with Gasteiger partial charge in [-0.15, -0.1) is 0 Å². The Labute approximate surface area is 172 Å². The van der Waals surface area contributed by atoms with E-state index in [9.17, 15) is 9.59 Å². The minimum Gasteiger partial charge on any atom is -0.493 e. The first-order chi connectivity index (χ1) is 13.8. The third-order valence-electron chi connectivity index (χ3n) is 4.87. The van der Waals surface area contributed by atoms with Crippen molar-refractivity contribution in [3.05, 3.63) is 59.2 Å². The smallest absolute Gasteiger partial charge is 0.253 e. The molecule has 0 aliphatic rings. The van der Waals surface area contributed by atoms with Crippen molar-refractivity contribution in [1.82, 2.24) is 10.2 Å². The van der Waals surface area contributed by atoms with Crippen molar-refractivity contribution in [3.63, 3.8) is 0 Å². The van der Waals surface area contributed by atoms with Crippen LogP contribution in [0.25, 0.3) is 0 Å². The number of methoxy groups -OCH3 is 2. The molecule has 0 heterocycles. The summed E-state index contributed by atoms with van der Waals surface area (Å²) in [6, 6.07) is 13.1. The fourth-order valence-electron chi connectivity index (χ4n) is 2.79. The van der Waals surface area contributed by atoms with Gasteiger partial charge in [-0.1, -0.05) is 18.2 Å². The number of aryl methyl sites for hydroxylation is 1. The Hall–Kier alpha value is -3.02. The second-order valence-electron chi connectivity index (χ2n) is 7.17. The molecule has 0 bridgehead atoms. The molecule has 2 aromatic rings. The molecule has 0 saturated carbocycles. The number of carbonyl (C=O) groups excluding carboxylic acids is 2. The molecule has 0 radical (unpaired) electrons. The Morgan fingerprint density at radius 2 is 1.59 bits per heavy atom. The van der Waals surface area contributed by atoms with Gasteiger partial charge in [0.2, 0.25) is 5.91 Å². The molecular weight excluding hydrogens is 368 g/mol. The molecule has 1 N–H and O–H groups in total. The topological polar surface area (TPSA) is 67.9 Å². The molecule has 0 atom stereocenters. The van der Waals surface area contributed by atoms with E-state index < -0.39 is 0 Å². The molecule has 2 aromatic carbocycles. The summed E-state index contributed by atoms with van der Waals surface area (Å²) < 4.78 is 10.5. The van der Waals surface area contributed by atoms with Crippen LogP contribution in [0.15, 0.2) is 42.5 Å². The van der Waals surface area contributed by atoms with Crippen LogP contribution < -0.4 is 14.8 Å². The summed E-state index contributed by atoms with van der Waals surface area (Å²) in [6.07, 6.45) is 0.992. The number of rotatable bonds is 9. The number of ether oxygens (including phenoxy) is 2. The van der Waals surface area contributed by atoms with Gasteiger partial charge in [0.25, 0.3) is 5.91 Å². The number of nitrogens with one attached hydrogen (secondary N) is 1. The lowest BCUT2D eigenvalue weighted by Crippen LogP contribution is -2.32. The van der Waals surface area contributed by atoms with Gasteiger partial charge in [-0.25, -0.2) is 0 Å². The van der Waals surface area contributed by atoms with Gasteiger partial charge in [0.05, 0.1) is 14.2 Å². The first-order valence-corrected chi connectivity index (χ1v) is 9.69. The summed E-state index contributed by atoms with van der Waals surface area (Å²) >= 11 is 0. The number of hydrogen-bond donors (Lipinski definition) is 1. The zero-order valence-corrected chi connectivity index (χ0v) is 17.8. The van der Waals surface area contributed by atoms with E-state index in [1.165, 1.54) is 0 Å². The normalized spacial score (nSPS) is 10.6. The second kappa shape index (κ2) is 10.5. The van der Waals surface area contributed by atoms with Gasteiger partial charge in [0.15, 0.2) is 11.5 Å². The van der Waals surface area contributed by atoms with Crippen LogP contribution in [0.3, 0.4) is 0 Å². The first-order valence-electron chi connectivity index (χ1n) is 9.69. The van der Waals surface area contributed by atoms with E-state index in [2.05, 4.69) is 5.32 Å². The van der Waals surface area contributed by atoms with Crippen LogP contribution in [0.1, 0.15) is 41.8 Å². The quantitative estimate of drug-likeness (QED) is 0.703. The molecular formula is C23H30N2O4. The summed E-state index contributed by atoms with van der Waals surface area (Å²) in [5, 5.41) is 2.92. The number of hydrogen-bond acceptors (Lipinski definition) is 4. The van der Waals surface area contributed by atoms with Crippen LogP contribution in [-0.2, 0) is 17.8 Å². The van der Waals surface area contributed by atoms with Crippen molar-refractivity contribution in [2.45, 2.75) is 39.3 Å². The van der Waals surface area contributed by atoms with Crippen molar-refractivity contribution < 1.29 is 19.1 Å². The lowest BCUT2D eigenvalue weighted by molar-refractivity contribution is -0.121. The molecule has 29 heavy (non-hydrogen) atoms. The standard InChI is InChI=1S/C23H30N2O4/c1-16(2)25(3)23(27)19-10-6-18(7-11-19)15-24-22(26)13-9-17-8-12-20(28-4)21(14-17)29-5/h6-8,10-12,14,16H,9,13,15H2,1-5H3,(H,24,26). The van der Waals surface area contributed by atoms with E-state index in [1.54, 1.807) is 38.3 Å². The van der Waals surface area contributed by atoms with E-state index >= 15 is 0 Å². The monoisotopic (exact) mass is 398 g/mol. The van der Waals surface area contributed by atoms with Crippen LogP contribution in [0.5, 0.6) is 11.5 Å². The summed E-state index contributed by atoms with van der Waals surface area (Å²) in [4.78, 5) is 26.2. The van der Waals surface area contributed by atoms with E-state index in [0.29, 0.717) is 36.4 Å². The fraction of sp³-hybridized carbons (Fsp3) is 0.391. The minimum absolute atomic E-state index is 0.00879. The molecule has 0 saturated heterocycles. The minimum atomic E-state index is -0.0283. The summed E-state index contributed by atoms with van der Waals surface area (Å²) in [7, 11) is 4.98. The summed E-state index contributed by atoms with van der Waals surface area (Å²) in [5.74, 6) is 1.29. The van der Waals surface area contributed by atoms with Crippen molar-refractivity contribution in [1.29, 1.82) is 0 Å². The molecule has 0 spiro atoms. The molecule has 0 aliphatic heterocycles. The molecule has 6 heteroatoms. The lowest BCUT2D eigenvalue weighted by Gasteiger charge is -2.21. The molecule has 2 rings (SSSR count). The third kappa shape index (κ3) is 6.24. The van der Waals surface area contributed by atoms with Crippen molar-refractivity contribution >= 4 is 11.8 Å². The Morgan fingerprint density at radius 3 is 2.17 bits per heavy atom. The Kier molecular flexibility index (Phi) is 8.07. The maximum Gasteiger partial charge on any atom is 0.253 e. The predicted octanol–water partition coefficient (Wildman–Crippen LogP) is 3.43. The van der Waals surface area contributed by atoms with Gasteiger partial charge in [0.1, 0.15) is 0 Å². The van der Waals surface area contributed by atoms with Gasteiger partial charge in [-0.3, -0.25) is 9.59 Å². The molecule has 0 unspecified atom stereocenters. The third-order valence-corrected chi connectivity index (χ3v) is 4.87. The van der Waals surface area contributed by atoms with Gasteiger partial charge < -0.3 is 19.7 Å². The molecule has 156 valence electrons. The van der Waals surface area contributed by atoms with E-state index in [1.807, 2.05) is 44.2 Å². The van der Waals surface area contributed by atoms with Crippen LogP contribution in [0, 0.1) is 0 Å². The molecule has 2 amide bonds. The number of amides is 2. The van der Waals surface area contributed by atoms with Crippen LogP contribution in [-0.4, -0.2) is 44.0 Å². The molecule has 6 nitrogen and oxygen atoms in total. The average Bonchev–Trinajstić information content (AvgIpc) is 2.75. The van der Waals surface area contributed by atoms with Crippen molar-refractivity contribution in [2.24, 2.45) is 0 Å². The molecule has 0 fully saturated rings. The highest BCUT2D eigenvalue weighted by molar-refractivity contribution is 5.94. The van der Waals surface area contributed by atoms with Gasteiger partial charge in [-0.05, 0) is 55.7 Å². The average molecular weight is 399 g/mol. The van der Waals surface area contributed by atoms with Gasteiger partial charge in [-0.2, -0.15) is 0 Å². The Morgan fingerprint density at radius 1 is 0.966 bits per heavy atom. The highest BCUT2D eigenvalue weighted by Gasteiger charge is 2.14. The number of benzene rings is 2. The van der Waals surface area contributed by atoms with Crippen LogP contribution in [0.4, 0.5) is 0 Å². The highest BCUT2D eigenvalue weighted by Crippen LogP contribution is 2.27. The lowest BCUT2D eigenvalue weighted by atomic mass is 10.1. The van der Waals surface area contributed by atoms with Gasteiger partial charge in [0, 0.05) is 31.6 Å². The maximum atomic E-state index is 12.3. The summed E-state index contributed by atoms with van der Waals surface area (Å²) in [5.41, 5.74) is 2.60. The molecule has 0 aliphatic carbocycles. The SMILES string of the molecule is COc1ccc(CCC(=O)NCc2ccc(C(=O)N(C)C(C)C)cc2)cc1OC. The first kappa shape index (κ1) is 22.3. The van der Waals surface area contributed by atoms with Gasteiger partial charge >= 0.3 is 0 Å². The van der Waals surface area contributed by atoms with Crippen molar-refractivity contribution in [3.8, 4) is 11.5 Å². The van der Waals surface area contributed by atoms with Crippen LogP contribution >= 0.6 is 0 Å². The Balaban J connectivity index is 1.84. The maximum absolute atomic E-state index is 12.3. The number of carbonyl (C=O) groups is 2. The molecule has 0 aromatic heterocycles. The second-order valence-corrected chi connectivity index (χ2v) is 7.17. The zero-order valence-electron chi connectivity index (χ0n) is 17.8. The largest absolute Gasteiger partial charge is 0.493 e. The van der Waals surface area contributed by atoms with E-state index in [4.69, 9.17) is 9.47 Å². The van der Waals surface area contributed by atoms with Crippen molar-refractivity contribution in [2.75, 3.05) is 21.3 Å². The fourth-order valence-corrected chi connectivity index (χ4v) is 2.79. The Bertz CT molecular complexity index is 831. The summed E-state index contributed by atoms with van der Waals surface area (Å²) in [6.45, 7) is 4.38. The van der Waals surface area contributed by atoms with E-state index in [0.717, 1.165) is 11.1 Å². The highest BCUT2D eigenvalue weighted by atomic mass is 16.5. The predicted molar refractivity (Wildman–Crippen MR) is 113 cm³/mol. The number of nitrogens with zero attached hydrogens (tertiary/aromatic N) is 1. The zero-order chi connectivity index (χ0) is 21.4. The van der Waals surface area contributed by atoms with E-state index in [-0.39, 0.29) is 17.9 Å². The van der Waals surface area contributed by atoms with Crippen LogP contribution in [0.2, 0.25) is 0 Å².